The van der Waals surface area contributed by atoms with Gasteiger partial charge in [0, 0.05) is 5.02 Å². The van der Waals surface area contributed by atoms with Crippen molar-refractivity contribution in [2.75, 3.05) is 6.54 Å². The van der Waals surface area contributed by atoms with Crippen molar-refractivity contribution >= 4 is 11.6 Å². The Bertz CT molecular complexity index is 611. The molecule has 0 spiro atoms. The summed E-state index contributed by atoms with van der Waals surface area (Å²) in [6, 6.07) is 9.98. The lowest BCUT2D eigenvalue weighted by Gasteiger charge is -2.20. The summed E-state index contributed by atoms with van der Waals surface area (Å²) in [5, 5.41) is 3.49. The normalized spacial score (nSPS) is 12.4. The molecule has 0 radical (unpaired) electrons. The smallest absolute Gasteiger partial charge is 0.160 e. The van der Waals surface area contributed by atoms with Crippen LogP contribution in [-0.2, 0) is 6.42 Å². The Morgan fingerprint density at radius 2 is 1.67 bits per heavy atom. The fourth-order valence-electron chi connectivity index (χ4n) is 2.32. The summed E-state index contributed by atoms with van der Waals surface area (Å²) in [5.74, 6) is -1.82. The molecule has 1 nitrogen and oxygen atoms in total. The molecule has 0 aliphatic rings. The van der Waals surface area contributed by atoms with Crippen molar-refractivity contribution in [1.82, 2.24) is 5.32 Å². The molecule has 0 aromatic heterocycles. The third-order valence-electron chi connectivity index (χ3n) is 3.48. The van der Waals surface area contributed by atoms with Crippen molar-refractivity contribution in [1.29, 1.82) is 0 Å². The highest BCUT2D eigenvalue weighted by Gasteiger charge is 2.18. The maximum atomic E-state index is 13.5. The van der Waals surface area contributed by atoms with Gasteiger partial charge in [-0.25, -0.2) is 8.78 Å². The van der Waals surface area contributed by atoms with E-state index in [0.717, 1.165) is 18.1 Å². The van der Waals surface area contributed by atoms with Gasteiger partial charge in [0.15, 0.2) is 11.6 Å². The van der Waals surface area contributed by atoms with Gasteiger partial charge in [-0.3, -0.25) is 0 Å². The average Bonchev–Trinajstić information content (AvgIpc) is 2.49. The number of nitrogens with one attached hydrogen (secondary N) is 1. The average molecular weight is 310 g/mol. The molecule has 0 fully saturated rings. The van der Waals surface area contributed by atoms with E-state index in [2.05, 4.69) is 12.2 Å². The van der Waals surface area contributed by atoms with Crippen LogP contribution in [0.4, 0.5) is 8.78 Å². The van der Waals surface area contributed by atoms with Crippen molar-refractivity contribution in [2.24, 2.45) is 0 Å². The third-order valence-corrected chi connectivity index (χ3v) is 3.81. The fourth-order valence-corrected chi connectivity index (χ4v) is 2.58. The van der Waals surface area contributed by atoms with Crippen molar-refractivity contribution < 1.29 is 8.78 Å². The summed E-state index contributed by atoms with van der Waals surface area (Å²) in [6.45, 7) is 4.74. The molecule has 0 saturated heterocycles. The zero-order chi connectivity index (χ0) is 15.4. The van der Waals surface area contributed by atoms with Crippen LogP contribution in [0.15, 0.2) is 36.4 Å². The van der Waals surface area contributed by atoms with Crippen LogP contribution in [0.25, 0.3) is 0 Å². The summed E-state index contributed by atoms with van der Waals surface area (Å²) >= 11 is 6.09. The molecule has 0 aliphatic carbocycles. The second-order valence-corrected chi connectivity index (χ2v) is 5.28. The van der Waals surface area contributed by atoms with Crippen LogP contribution in [0.2, 0.25) is 5.02 Å². The number of hydrogen-bond donors (Lipinski definition) is 1. The molecular formula is C17H18ClF2N. The van der Waals surface area contributed by atoms with E-state index in [1.54, 1.807) is 0 Å². The maximum absolute atomic E-state index is 13.5. The molecule has 1 N–H and O–H groups in total. The minimum atomic E-state index is -0.930. The first kappa shape index (κ1) is 15.9. The molecule has 21 heavy (non-hydrogen) atoms. The summed E-state index contributed by atoms with van der Waals surface area (Å²) < 4.78 is 26.8. The zero-order valence-electron chi connectivity index (χ0n) is 12.1. The molecule has 2 aromatic rings. The minimum absolute atomic E-state index is 0.222. The predicted octanol–water partition coefficient (Wildman–Crippen LogP) is 4.88. The second-order valence-electron chi connectivity index (χ2n) is 4.87. The van der Waals surface area contributed by atoms with Crippen LogP contribution < -0.4 is 5.32 Å². The molecule has 4 heteroatoms. The third kappa shape index (κ3) is 3.60. The van der Waals surface area contributed by atoms with Crippen LogP contribution in [0.3, 0.4) is 0 Å². The van der Waals surface area contributed by atoms with E-state index in [1.165, 1.54) is 11.6 Å². The van der Waals surface area contributed by atoms with Crippen LogP contribution in [0.5, 0.6) is 0 Å². The Morgan fingerprint density at radius 3 is 2.24 bits per heavy atom. The van der Waals surface area contributed by atoms with Gasteiger partial charge < -0.3 is 5.32 Å². The molecule has 1 atom stereocenters. The largest absolute Gasteiger partial charge is 0.306 e. The fraction of sp³-hybridized carbons (Fsp3) is 0.294. The first-order chi connectivity index (χ1) is 10.1. The van der Waals surface area contributed by atoms with Crippen molar-refractivity contribution in [2.45, 2.75) is 26.3 Å². The highest BCUT2D eigenvalue weighted by molar-refractivity contribution is 6.31. The summed E-state index contributed by atoms with van der Waals surface area (Å²) in [7, 11) is 0. The van der Waals surface area contributed by atoms with E-state index < -0.39 is 11.6 Å². The van der Waals surface area contributed by atoms with Crippen molar-refractivity contribution in [3.05, 3.63) is 69.7 Å². The lowest BCUT2D eigenvalue weighted by molar-refractivity contribution is 0.504. The van der Waals surface area contributed by atoms with E-state index >= 15 is 0 Å². The van der Waals surface area contributed by atoms with E-state index in [-0.39, 0.29) is 11.1 Å². The van der Waals surface area contributed by atoms with Crippen LogP contribution in [0, 0.1) is 11.6 Å². The number of hydrogen-bond acceptors (Lipinski definition) is 1. The Hall–Kier alpha value is -1.45. The van der Waals surface area contributed by atoms with E-state index in [1.807, 2.05) is 31.2 Å². The summed E-state index contributed by atoms with van der Waals surface area (Å²) in [6.07, 6.45) is 0.956. The molecule has 2 aromatic carbocycles. The Kier molecular flexibility index (Phi) is 5.32. The highest BCUT2D eigenvalue weighted by Crippen LogP contribution is 2.30. The molecule has 112 valence electrons. The topological polar surface area (TPSA) is 12.0 Å². The molecule has 2 rings (SSSR count). The van der Waals surface area contributed by atoms with Gasteiger partial charge in [-0.1, -0.05) is 49.7 Å². The van der Waals surface area contributed by atoms with Gasteiger partial charge >= 0.3 is 0 Å². The lowest BCUT2D eigenvalue weighted by atomic mass is 9.97. The number of halogens is 3. The standard InChI is InChI=1S/C17H18ClF2N/c1-3-11-5-7-12(8-6-11)17(21-4-2)13-9-15(19)16(20)10-14(13)18/h5-10,17,21H,3-4H2,1-2H3. The van der Waals surface area contributed by atoms with Crippen molar-refractivity contribution in [3.8, 4) is 0 Å². The van der Waals surface area contributed by atoms with Gasteiger partial charge in [-0.15, -0.1) is 0 Å². The first-order valence-electron chi connectivity index (χ1n) is 7.03. The SMILES string of the molecule is CCNC(c1ccc(CC)cc1)c1cc(F)c(F)cc1Cl. The van der Waals surface area contributed by atoms with Gasteiger partial charge in [-0.05, 0) is 41.8 Å². The monoisotopic (exact) mass is 309 g/mol. The Labute approximate surface area is 128 Å². The van der Waals surface area contributed by atoms with E-state index in [0.29, 0.717) is 12.1 Å². The Balaban J connectivity index is 2.44. The van der Waals surface area contributed by atoms with Gasteiger partial charge in [0.05, 0.1) is 6.04 Å². The molecular weight excluding hydrogens is 292 g/mol. The van der Waals surface area contributed by atoms with Gasteiger partial charge in [-0.2, -0.15) is 0 Å². The van der Waals surface area contributed by atoms with E-state index in [9.17, 15) is 8.78 Å². The summed E-state index contributed by atoms with van der Waals surface area (Å²) in [5.41, 5.74) is 2.74. The quantitative estimate of drug-likeness (QED) is 0.776. The first-order valence-corrected chi connectivity index (χ1v) is 7.41. The number of aryl methyl sites for hydroxylation is 1. The lowest BCUT2D eigenvalue weighted by Crippen LogP contribution is -2.22. The van der Waals surface area contributed by atoms with Crippen molar-refractivity contribution in [3.63, 3.8) is 0 Å². The van der Waals surface area contributed by atoms with E-state index in [4.69, 9.17) is 11.6 Å². The van der Waals surface area contributed by atoms with Gasteiger partial charge in [0.1, 0.15) is 0 Å². The molecule has 0 aliphatic heterocycles. The van der Waals surface area contributed by atoms with Crippen LogP contribution >= 0.6 is 11.6 Å². The number of benzene rings is 2. The second kappa shape index (κ2) is 7.01. The van der Waals surface area contributed by atoms with Crippen LogP contribution in [-0.4, -0.2) is 6.54 Å². The molecule has 1 unspecified atom stereocenters. The highest BCUT2D eigenvalue weighted by atomic mass is 35.5. The Morgan fingerprint density at radius 1 is 1.05 bits per heavy atom. The van der Waals surface area contributed by atoms with Crippen LogP contribution in [0.1, 0.15) is 36.6 Å². The summed E-state index contributed by atoms with van der Waals surface area (Å²) in [4.78, 5) is 0. The van der Waals surface area contributed by atoms with Gasteiger partial charge in [0.2, 0.25) is 0 Å². The predicted molar refractivity (Wildman–Crippen MR) is 82.7 cm³/mol. The molecule has 0 amide bonds. The maximum Gasteiger partial charge on any atom is 0.160 e. The minimum Gasteiger partial charge on any atom is -0.306 e. The number of rotatable bonds is 5. The molecule has 0 saturated carbocycles. The van der Waals surface area contributed by atoms with Gasteiger partial charge in [0.25, 0.3) is 0 Å². The molecule has 0 bridgehead atoms. The molecule has 0 heterocycles. The zero-order valence-corrected chi connectivity index (χ0v) is 12.8.